The molecule has 1 saturated heterocycles. The van der Waals surface area contributed by atoms with Gasteiger partial charge in [-0.25, -0.2) is 4.79 Å². The van der Waals surface area contributed by atoms with Gasteiger partial charge in [-0.2, -0.15) is 0 Å². The molecule has 0 aromatic heterocycles. The minimum absolute atomic E-state index is 0.0551. The van der Waals surface area contributed by atoms with Crippen LogP contribution >= 0.6 is 0 Å². The second-order valence-electron chi connectivity index (χ2n) is 4.99. The predicted octanol–water partition coefficient (Wildman–Crippen LogP) is -0.0884. The normalized spacial score (nSPS) is 19.0. The van der Waals surface area contributed by atoms with E-state index in [4.69, 9.17) is 9.47 Å². The third kappa shape index (κ3) is 6.21. The third-order valence-corrected chi connectivity index (χ3v) is 3.01. The zero-order chi connectivity index (χ0) is 15.0. The second-order valence-corrected chi connectivity index (χ2v) is 4.99. The molecule has 0 radical (unpaired) electrons. The van der Waals surface area contributed by atoms with Crippen molar-refractivity contribution in [3.63, 3.8) is 0 Å². The average molecular weight is 287 g/mol. The molecule has 0 bridgehead atoms. The number of nitrogens with zero attached hydrogens (tertiary/aromatic N) is 2. The Bertz CT molecular complexity index is 323. The lowest BCUT2D eigenvalue weighted by Crippen LogP contribution is -2.51. The minimum atomic E-state index is -0.418. The average Bonchev–Trinajstić information content (AvgIpc) is 2.43. The molecule has 1 atom stereocenters. The van der Waals surface area contributed by atoms with Crippen LogP contribution < -0.4 is 5.32 Å². The van der Waals surface area contributed by atoms with Crippen LogP contribution in [0.4, 0.5) is 4.79 Å². The molecule has 0 unspecified atom stereocenters. The Morgan fingerprint density at radius 2 is 2.20 bits per heavy atom. The van der Waals surface area contributed by atoms with E-state index in [0.717, 1.165) is 13.0 Å². The highest BCUT2D eigenvalue weighted by Crippen LogP contribution is 2.09. The molecule has 1 N–H and O–H groups in total. The minimum Gasteiger partial charge on any atom is -0.465 e. The number of rotatable bonds is 6. The van der Waals surface area contributed by atoms with Gasteiger partial charge in [-0.15, -0.1) is 0 Å². The van der Waals surface area contributed by atoms with Crippen molar-refractivity contribution in [1.29, 1.82) is 0 Å². The molecule has 1 aliphatic heterocycles. The van der Waals surface area contributed by atoms with E-state index in [9.17, 15) is 9.59 Å². The number of amides is 2. The Hall–Kier alpha value is -1.34. The van der Waals surface area contributed by atoms with Crippen molar-refractivity contribution in [3.05, 3.63) is 0 Å². The summed E-state index contributed by atoms with van der Waals surface area (Å²) in [5, 5.41) is 2.57. The summed E-state index contributed by atoms with van der Waals surface area (Å²) >= 11 is 0. The van der Waals surface area contributed by atoms with Crippen molar-refractivity contribution in [2.45, 2.75) is 19.4 Å². The van der Waals surface area contributed by atoms with Crippen molar-refractivity contribution in [2.24, 2.45) is 0 Å². The first-order valence-electron chi connectivity index (χ1n) is 6.97. The monoisotopic (exact) mass is 287 g/mol. The van der Waals surface area contributed by atoms with Gasteiger partial charge in [-0.3, -0.25) is 4.79 Å². The van der Waals surface area contributed by atoms with Gasteiger partial charge in [-0.05, 0) is 27.4 Å². The fourth-order valence-corrected chi connectivity index (χ4v) is 1.95. The lowest BCUT2D eigenvalue weighted by molar-refractivity contribution is -0.141. The molecule has 7 heteroatoms. The topological polar surface area (TPSA) is 71.1 Å². The van der Waals surface area contributed by atoms with Crippen LogP contribution in [0, 0.1) is 0 Å². The van der Waals surface area contributed by atoms with E-state index in [1.54, 1.807) is 11.8 Å². The highest BCUT2D eigenvalue weighted by molar-refractivity contribution is 5.80. The van der Waals surface area contributed by atoms with Crippen LogP contribution in [0.25, 0.3) is 0 Å². The maximum atomic E-state index is 11.9. The molecule has 20 heavy (non-hydrogen) atoms. The summed E-state index contributed by atoms with van der Waals surface area (Å²) < 4.78 is 10.4. The molecular weight excluding hydrogens is 262 g/mol. The highest BCUT2D eigenvalue weighted by atomic mass is 16.5. The molecule has 0 saturated carbocycles. The van der Waals surface area contributed by atoms with Crippen LogP contribution in [0.15, 0.2) is 0 Å². The number of urea groups is 1. The summed E-state index contributed by atoms with van der Waals surface area (Å²) in [7, 11) is 4.01. The lowest BCUT2D eigenvalue weighted by atomic mass is 10.2. The summed E-state index contributed by atoms with van der Waals surface area (Å²) in [5.41, 5.74) is 0. The molecule has 0 spiro atoms. The molecule has 1 aliphatic rings. The Morgan fingerprint density at radius 3 is 2.85 bits per heavy atom. The first kappa shape index (κ1) is 16.7. The molecule has 7 nitrogen and oxygen atoms in total. The number of nitrogens with one attached hydrogen (secondary N) is 1. The molecule has 1 rings (SSSR count). The standard InChI is InChI=1S/C13H25N3O4/c1-4-19-12(17)9-14-13(18)16-7-8-20-11(10-16)5-6-15(2)3/h11H,4-10H2,1-3H3,(H,14,18)/t11-/m0/s1. The summed E-state index contributed by atoms with van der Waals surface area (Å²) in [5.74, 6) is -0.418. The maximum absolute atomic E-state index is 11.9. The Morgan fingerprint density at radius 1 is 1.45 bits per heavy atom. The van der Waals surface area contributed by atoms with E-state index in [1.807, 2.05) is 14.1 Å². The van der Waals surface area contributed by atoms with E-state index in [-0.39, 0.29) is 18.7 Å². The van der Waals surface area contributed by atoms with E-state index < -0.39 is 5.97 Å². The molecule has 0 aromatic rings. The highest BCUT2D eigenvalue weighted by Gasteiger charge is 2.24. The van der Waals surface area contributed by atoms with Gasteiger partial charge in [0.1, 0.15) is 6.54 Å². The zero-order valence-electron chi connectivity index (χ0n) is 12.6. The number of morpholine rings is 1. The third-order valence-electron chi connectivity index (χ3n) is 3.01. The van der Waals surface area contributed by atoms with E-state index in [0.29, 0.717) is 26.3 Å². The van der Waals surface area contributed by atoms with Crippen LogP contribution in [0.3, 0.4) is 0 Å². The molecule has 2 amide bonds. The van der Waals surface area contributed by atoms with Crippen LogP contribution in [0.1, 0.15) is 13.3 Å². The fraction of sp³-hybridized carbons (Fsp3) is 0.846. The second kappa shape index (κ2) is 8.76. The van der Waals surface area contributed by atoms with Crippen LogP contribution in [0.5, 0.6) is 0 Å². The number of esters is 1. The van der Waals surface area contributed by atoms with Gasteiger partial charge in [0.05, 0.1) is 19.3 Å². The van der Waals surface area contributed by atoms with Crippen molar-refractivity contribution < 1.29 is 19.1 Å². The van der Waals surface area contributed by atoms with Gasteiger partial charge < -0.3 is 24.6 Å². The van der Waals surface area contributed by atoms with Gasteiger partial charge in [0.15, 0.2) is 0 Å². The fourth-order valence-electron chi connectivity index (χ4n) is 1.95. The van der Waals surface area contributed by atoms with Crippen molar-refractivity contribution in [2.75, 3.05) is 53.5 Å². The SMILES string of the molecule is CCOC(=O)CNC(=O)N1CCO[C@@H](CCN(C)C)C1. The molecule has 0 aromatic carbocycles. The summed E-state index contributed by atoms with van der Waals surface area (Å²) in [6.45, 7) is 4.52. The van der Waals surface area contributed by atoms with Gasteiger partial charge in [-0.1, -0.05) is 0 Å². The van der Waals surface area contributed by atoms with Crippen LogP contribution in [-0.2, 0) is 14.3 Å². The molecule has 1 fully saturated rings. The zero-order valence-corrected chi connectivity index (χ0v) is 12.6. The van der Waals surface area contributed by atoms with Crippen molar-refractivity contribution >= 4 is 12.0 Å². The van der Waals surface area contributed by atoms with Gasteiger partial charge in [0.25, 0.3) is 0 Å². The Kier molecular flexibility index (Phi) is 7.32. The van der Waals surface area contributed by atoms with Gasteiger partial charge >= 0.3 is 12.0 Å². The summed E-state index contributed by atoms with van der Waals surface area (Å²) in [4.78, 5) is 26.9. The Labute approximate surface area is 120 Å². The number of hydrogen-bond donors (Lipinski definition) is 1. The van der Waals surface area contributed by atoms with E-state index in [2.05, 4.69) is 10.2 Å². The van der Waals surface area contributed by atoms with Gasteiger partial charge in [0, 0.05) is 19.6 Å². The predicted molar refractivity (Wildman–Crippen MR) is 74.5 cm³/mol. The largest absolute Gasteiger partial charge is 0.465 e. The van der Waals surface area contributed by atoms with E-state index in [1.165, 1.54) is 0 Å². The quantitative estimate of drug-likeness (QED) is 0.691. The van der Waals surface area contributed by atoms with Gasteiger partial charge in [0.2, 0.25) is 0 Å². The lowest BCUT2D eigenvalue weighted by Gasteiger charge is -2.33. The van der Waals surface area contributed by atoms with E-state index >= 15 is 0 Å². The maximum Gasteiger partial charge on any atom is 0.325 e. The molecule has 0 aliphatic carbocycles. The van der Waals surface area contributed by atoms with Crippen LogP contribution in [-0.4, -0.2) is 81.4 Å². The smallest absolute Gasteiger partial charge is 0.325 e. The molecular formula is C13H25N3O4. The number of carbonyl (C=O) groups excluding carboxylic acids is 2. The number of carbonyl (C=O) groups is 2. The Balaban J connectivity index is 2.30. The molecule has 1 heterocycles. The first-order chi connectivity index (χ1) is 9.52. The summed E-state index contributed by atoms with van der Waals surface area (Å²) in [6, 6.07) is -0.240. The number of ether oxygens (including phenoxy) is 2. The van der Waals surface area contributed by atoms with Crippen molar-refractivity contribution in [3.8, 4) is 0 Å². The summed E-state index contributed by atoms with van der Waals surface area (Å²) in [6.07, 6.45) is 0.939. The van der Waals surface area contributed by atoms with Crippen molar-refractivity contribution in [1.82, 2.24) is 15.1 Å². The number of hydrogen-bond acceptors (Lipinski definition) is 5. The first-order valence-corrected chi connectivity index (χ1v) is 6.97. The molecule has 116 valence electrons. The van der Waals surface area contributed by atoms with Crippen LogP contribution in [0.2, 0.25) is 0 Å².